The number of hydrogen-bond acceptors (Lipinski definition) is 3. The minimum Gasteiger partial charge on any atom is -0.466 e. The minimum atomic E-state index is -0.180. The molecule has 13 heavy (non-hydrogen) atoms. The number of hydrogen-bond donors (Lipinski definition) is 1. The highest BCUT2D eigenvalue weighted by atomic mass is 16.5. The maximum absolute atomic E-state index is 11.2. The van der Waals surface area contributed by atoms with Gasteiger partial charge in [0.2, 0.25) is 0 Å². The minimum absolute atomic E-state index is 0.138. The van der Waals surface area contributed by atoms with E-state index in [-0.39, 0.29) is 11.5 Å². The van der Waals surface area contributed by atoms with Gasteiger partial charge in [0, 0.05) is 11.6 Å². The average molecular weight is 187 g/mol. The van der Waals surface area contributed by atoms with Crippen LogP contribution in [0.4, 0.5) is 0 Å². The van der Waals surface area contributed by atoms with Crippen molar-refractivity contribution in [2.24, 2.45) is 0 Å². The summed E-state index contributed by atoms with van der Waals surface area (Å²) in [6.07, 6.45) is 0.416. The fourth-order valence-corrected chi connectivity index (χ4v) is 1.41. The van der Waals surface area contributed by atoms with Gasteiger partial charge in [-0.2, -0.15) is 0 Å². The van der Waals surface area contributed by atoms with Gasteiger partial charge in [-0.3, -0.25) is 4.79 Å². The Balaban J connectivity index is 3.93. The van der Waals surface area contributed by atoms with Crippen LogP contribution in [-0.4, -0.2) is 24.2 Å². The molecule has 0 fully saturated rings. The lowest BCUT2D eigenvalue weighted by Crippen LogP contribution is -2.45. The lowest BCUT2D eigenvalue weighted by molar-refractivity contribution is -0.144. The van der Waals surface area contributed by atoms with Crippen LogP contribution in [0.1, 0.15) is 41.0 Å². The summed E-state index contributed by atoms with van der Waals surface area (Å²) in [4.78, 5) is 11.2. The van der Waals surface area contributed by atoms with E-state index < -0.39 is 0 Å². The van der Waals surface area contributed by atoms with Crippen LogP contribution in [0.5, 0.6) is 0 Å². The Hall–Kier alpha value is -0.570. The number of rotatable bonds is 5. The molecule has 0 aromatic heterocycles. The Morgan fingerprint density at radius 1 is 1.46 bits per heavy atom. The summed E-state index contributed by atoms with van der Waals surface area (Å²) in [5.74, 6) is -0.138. The van der Waals surface area contributed by atoms with Crippen molar-refractivity contribution >= 4 is 5.97 Å². The van der Waals surface area contributed by atoms with E-state index in [0.717, 1.165) is 0 Å². The molecule has 0 saturated carbocycles. The molecule has 0 heterocycles. The molecule has 0 atom stereocenters. The third-order valence-corrected chi connectivity index (χ3v) is 1.57. The molecular weight excluding hydrogens is 166 g/mol. The highest BCUT2D eigenvalue weighted by Gasteiger charge is 2.22. The smallest absolute Gasteiger partial charge is 0.307 e. The van der Waals surface area contributed by atoms with Gasteiger partial charge in [-0.1, -0.05) is 13.8 Å². The van der Waals surface area contributed by atoms with E-state index in [2.05, 4.69) is 19.2 Å². The molecule has 3 heteroatoms. The Morgan fingerprint density at radius 3 is 2.38 bits per heavy atom. The third kappa shape index (κ3) is 6.58. The van der Waals surface area contributed by atoms with Crippen molar-refractivity contribution in [2.45, 2.75) is 52.6 Å². The van der Waals surface area contributed by atoms with Crippen LogP contribution >= 0.6 is 0 Å². The molecule has 0 rings (SSSR count). The molecule has 0 amide bonds. The Morgan fingerprint density at radius 2 is 2.00 bits per heavy atom. The van der Waals surface area contributed by atoms with E-state index in [1.54, 1.807) is 0 Å². The van der Waals surface area contributed by atoms with E-state index in [9.17, 15) is 4.79 Å². The van der Waals surface area contributed by atoms with Crippen molar-refractivity contribution in [1.29, 1.82) is 0 Å². The van der Waals surface area contributed by atoms with Crippen molar-refractivity contribution in [1.82, 2.24) is 5.32 Å². The summed E-state index contributed by atoms with van der Waals surface area (Å²) in [5, 5.41) is 3.31. The zero-order valence-electron chi connectivity index (χ0n) is 9.31. The summed E-state index contributed by atoms with van der Waals surface area (Å²) in [6.45, 7) is 10.4. The lowest BCUT2D eigenvalue weighted by atomic mass is 10.00. The first-order valence-corrected chi connectivity index (χ1v) is 4.80. The molecule has 78 valence electrons. The molecule has 0 aliphatic carbocycles. The molecule has 0 bridgehead atoms. The van der Waals surface area contributed by atoms with E-state index in [0.29, 0.717) is 19.1 Å². The van der Waals surface area contributed by atoms with Gasteiger partial charge >= 0.3 is 5.97 Å². The number of esters is 1. The summed E-state index contributed by atoms with van der Waals surface area (Å²) < 4.78 is 4.88. The summed E-state index contributed by atoms with van der Waals surface area (Å²) >= 11 is 0. The highest BCUT2D eigenvalue weighted by molar-refractivity contribution is 5.70. The molecule has 0 saturated heterocycles. The first kappa shape index (κ1) is 12.4. The van der Waals surface area contributed by atoms with Gasteiger partial charge in [0.05, 0.1) is 13.0 Å². The molecule has 0 unspecified atom stereocenters. The van der Waals surface area contributed by atoms with E-state index >= 15 is 0 Å². The quantitative estimate of drug-likeness (QED) is 0.666. The third-order valence-electron chi connectivity index (χ3n) is 1.57. The maximum Gasteiger partial charge on any atom is 0.307 e. The van der Waals surface area contributed by atoms with E-state index in [1.165, 1.54) is 0 Å². The maximum atomic E-state index is 11.2. The number of nitrogens with one attached hydrogen (secondary N) is 1. The largest absolute Gasteiger partial charge is 0.466 e. The number of carbonyl (C=O) groups excluding carboxylic acids is 1. The molecule has 0 spiro atoms. The van der Waals surface area contributed by atoms with Gasteiger partial charge in [0.1, 0.15) is 0 Å². The van der Waals surface area contributed by atoms with Gasteiger partial charge < -0.3 is 10.1 Å². The monoisotopic (exact) mass is 187 g/mol. The van der Waals surface area contributed by atoms with Crippen LogP contribution in [0.3, 0.4) is 0 Å². The second-order valence-electron chi connectivity index (χ2n) is 4.16. The van der Waals surface area contributed by atoms with Crippen LogP contribution < -0.4 is 5.32 Å². The van der Waals surface area contributed by atoms with Crippen LogP contribution in [0.2, 0.25) is 0 Å². The molecule has 3 nitrogen and oxygen atoms in total. The van der Waals surface area contributed by atoms with Crippen molar-refractivity contribution in [3.63, 3.8) is 0 Å². The Labute approximate surface area is 80.8 Å². The van der Waals surface area contributed by atoms with E-state index in [1.807, 2.05) is 20.8 Å². The van der Waals surface area contributed by atoms with Crippen LogP contribution in [-0.2, 0) is 9.53 Å². The van der Waals surface area contributed by atoms with Crippen molar-refractivity contribution < 1.29 is 9.53 Å². The normalized spacial score (nSPS) is 11.8. The summed E-state index contributed by atoms with van der Waals surface area (Å²) in [5.41, 5.74) is -0.180. The SMILES string of the molecule is CCOC(=O)CC(C)(C)NC(C)C. The van der Waals surface area contributed by atoms with Crippen molar-refractivity contribution in [3.05, 3.63) is 0 Å². The van der Waals surface area contributed by atoms with E-state index in [4.69, 9.17) is 4.74 Å². The lowest BCUT2D eigenvalue weighted by Gasteiger charge is -2.27. The van der Waals surface area contributed by atoms with Gasteiger partial charge in [0.15, 0.2) is 0 Å². The molecule has 0 aliphatic rings. The van der Waals surface area contributed by atoms with Crippen LogP contribution in [0, 0.1) is 0 Å². The Bertz CT molecular complexity index is 164. The zero-order chi connectivity index (χ0) is 10.5. The van der Waals surface area contributed by atoms with Crippen LogP contribution in [0.25, 0.3) is 0 Å². The number of carbonyl (C=O) groups is 1. The molecule has 0 radical (unpaired) electrons. The first-order chi connectivity index (χ1) is 5.87. The Kier molecular flexibility index (Phi) is 4.99. The predicted octanol–water partition coefficient (Wildman–Crippen LogP) is 1.72. The number of ether oxygens (including phenoxy) is 1. The van der Waals surface area contributed by atoms with Gasteiger partial charge in [-0.05, 0) is 20.8 Å². The summed E-state index contributed by atoms with van der Waals surface area (Å²) in [7, 11) is 0. The fraction of sp³-hybridized carbons (Fsp3) is 0.900. The second-order valence-corrected chi connectivity index (χ2v) is 4.16. The summed E-state index contributed by atoms with van der Waals surface area (Å²) in [6, 6.07) is 0.379. The molecule has 0 aromatic rings. The van der Waals surface area contributed by atoms with Crippen molar-refractivity contribution in [3.8, 4) is 0 Å². The molecule has 0 aliphatic heterocycles. The molecular formula is C10H21NO2. The fourth-order valence-electron chi connectivity index (χ4n) is 1.41. The predicted molar refractivity (Wildman–Crippen MR) is 53.6 cm³/mol. The van der Waals surface area contributed by atoms with Crippen molar-refractivity contribution in [2.75, 3.05) is 6.61 Å². The van der Waals surface area contributed by atoms with Gasteiger partial charge in [0.25, 0.3) is 0 Å². The standard InChI is InChI=1S/C10H21NO2/c1-6-13-9(12)7-10(4,5)11-8(2)3/h8,11H,6-7H2,1-5H3. The zero-order valence-corrected chi connectivity index (χ0v) is 9.31. The topological polar surface area (TPSA) is 38.3 Å². The average Bonchev–Trinajstić information content (AvgIpc) is 1.81. The van der Waals surface area contributed by atoms with Gasteiger partial charge in [-0.15, -0.1) is 0 Å². The highest BCUT2D eigenvalue weighted by Crippen LogP contribution is 2.10. The van der Waals surface area contributed by atoms with Crippen LogP contribution in [0.15, 0.2) is 0 Å². The first-order valence-electron chi connectivity index (χ1n) is 4.80. The van der Waals surface area contributed by atoms with Gasteiger partial charge in [-0.25, -0.2) is 0 Å². The molecule has 0 aromatic carbocycles. The molecule has 1 N–H and O–H groups in total. The second kappa shape index (κ2) is 5.22.